The highest BCUT2D eigenvalue weighted by Gasteiger charge is 2.10. The molecule has 0 saturated heterocycles. The lowest BCUT2D eigenvalue weighted by Gasteiger charge is -2.17. The lowest BCUT2D eigenvalue weighted by atomic mass is 10.2. The number of ether oxygens (including phenoxy) is 1. The third-order valence-corrected chi connectivity index (χ3v) is 3.48. The Morgan fingerprint density at radius 1 is 1.19 bits per heavy atom. The Hall–Kier alpha value is -1.68. The third kappa shape index (κ3) is 4.67. The van der Waals surface area contributed by atoms with Gasteiger partial charge < -0.3 is 15.8 Å². The molecule has 0 amide bonds. The normalized spacial score (nSPS) is 10.7. The molecular formula is C17H21BrN2O. The Labute approximate surface area is 134 Å². The average molecular weight is 349 g/mol. The monoisotopic (exact) mass is 348 g/mol. The highest BCUT2D eigenvalue weighted by Crippen LogP contribution is 2.35. The molecule has 0 aliphatic rings. The van der Waals surface area contributed by atoms with Crippen molar-refractivity contribution in [1.29, 1.82) is 0 Å². The lowest BCUT2D eigenvalue weighted by molar-refractivity contribution is 0.307. The molecule has 0 saturated carbocycles. The number of halogens is 1. The second-order valence-corrected chi connectivity index (χ2v) is 6.33. The van der Waals surface area contributed by atoms with Gasteiger partial charge in [0.1, 0.15) is 18.0 Å². The van der Waals surface area contributed by atoms with Gasteiger partial charge in [0, 0.05) is 11.0 Å². The van der Waals surface area contributed by atoms with E-state index in [2.05, 4.69) is 35.1 Å². The van der Waals surface area contributed by atoms with Crippen molar-refractivity contribution in [1.82, 2.24) is 0 Å². The summed E-state index contributed by atoms with van der Waals surface area (Å²) in [5.41, 5.74) is 8.79. The van der Waals surface area contributed by atoms with Crippen LogP contribution in [0.4, 0.5) is 11.4 Å². The smallest absolute Gasteiger partial charge is 0.146 e. The summed E-state index contributed by atoms with van der Waals surface area (Å²) in [6.07, 6.45) is 0. The topological polar surface area (TPSA) is 47.3 Å². The summed E-state index contributed by atoms with van der Waals surface area (Å²) in [4.78, 5) is 0. The number of benzene rings is 2. The molecule has 0 unspecified atom stereocenters. The maximum absolute atomic E-state index is 6.10. The van der Waals surface area contributed by atoms with Crippen LogP contribution < -0.4 is 15.8 Å². The first-order valence-corrected chi connectivity index (χ1v) is 7.85. The molecule has 2 aromatic rings. The standard InChI is InChI=1S/C17H21BrN2O/c1-12(2)10-20-17-15(19)8-14(18)9-16(17)21-11-13-6-4-3-5-7-13/h3-9,12,20H,10-11,19H2,1-2H3. The first kappa shape index (κ1) is 15.7. The third-order valence-electron chi connectivity index (χ3n) is 3.02. The SMILES string of the molecule is CC(C)CNc1c(N)cc(Br)cc1OCc1ccccc1. The number of hydrogen-bond acceptors (Lipinski definition) is 3. The van der Waals surface area contributed by atoms with E-state index in [1.807, 2.05) is 42.5 Å². The number of rotatable bonds is 6. The molecular weight excluding hydrogens is 328 g/mol. The lowest BCUT2D eigenvalue weighted by Crippen LogP contribution is -2.11. The summed E-state index contributed by atoms with van der Waals surface area (Å²) in [7, 11) is 0. The van der Waals surface area contributed by atoms with E-state index >= 15 is 0 Å². The predicted octanol–water partition coefficient (Wildman–Crippen LogP) is 4.68. The van der Waals surface area contributed by atoms with Gasteiger partial charge in [0.2, 0.25) is 0 Å². The van der Waals surface area contributed by atoms with E-state index in [-0.39, 0.29) is 0 Å². The van der Waals surface area contributed by atoms with Crippen molar-refractivity contribution in [2.24, 2.45) is 5.92 Å². The van der Waals surface area contributed by atoms with Gasteiger partial charge in [-0.1, -0.05) is 60.1 Å². The summed E-state index contributed by atoms with van der Waals surface area (Å²) >= 11 is 3.47. The molecule has 4 heteroatoms. The maximum atomic E-state index is 6.10. The molecule has 0 atom stereocenters. The van der Waals surface area contributed by atoms with Crippen molar-refractivity contribution in [2.45, 2.75) is 20.5 Å². The molecule has 112 valence electrons. The molecule has 0 spiro atoms. The van der Waals surface area contributed by atoms with Crippen LogP contribution >= 0.6 is 15.9 Å². The predicted molar refractivity (Wildman–Crippen MR) is 92.7 cm³/mol. The number of hydrogen-bond donors (Lipinski definition) is 2. The molecule has 0 heterocycles. The minimum Gasteiger partial charge on any atom is -0.487 e. The molecule has 2 aromatic carbocycles. The zero-order chi connectivity index (χ0) is 15.2. The van der Waals surface area contributed by atoms with E-state index in [0.29, 0.717) is 18.2 Å². The Bertz CT molecular complexity index is 585. The minimum absolute atomic E-state index is 0.521. The van der Waals surface area contributed by atoms with E-state index in [1.54, 1.807) is 0 Å². The van der Waals surface area contributed by atoms with Gasteiger partial charge in [0.05, 0.1) is 5.69 Å². The molecule has 0 radical (unpaired) electrons. The first-order chi connectivity index (χ1) is 10.1. The summed E-state index contributed by atoms with van der Waals surface area (Å²) in [6, 6.07) is 13.9. The van der Waals surface area contributed by atoms with Crippen molar-refractivity contribution >= 4 is 27.3 Å². The Morgan fingerprint density at radius 2 is 1.90 bits per heavy atom. The van der Waals surface area contributed by atoms with Crippen molar-refractivity contribution in [3.63, 3.8) is 0 Å². The van der Waals surface area contributed by atoms with Crippen molar-refractivity contribution in [3.8, 4) is 5.75 Å². The van der Waals surface area contributed by atoms with Crippen LogP contribution in [0.15, 0.2) is 46.9 Å². The Morgan fingerprint density at radius 3 is 2.57 bits per heavy atom. The van der Waals surface area contributed by atoms with Crippen LogP contribution in [0.3, 0.4) is 0 Å². The molecule has 3 N–H and O–H groups in total. The molecule has 21 heavy (non-hydrogen) atoms. The highest BCUT2D eigenvalue weighted by atomic mass is 79.9. The minimum atomic E-state index is 0.521. The molecule has 0 aromatic heterocycles. The molecule has 0 aliphatic carbocycles. The van der Waals surface area contributed by atoms with E-state index in [1.165, 1.54) is 0 Å². The van der Waals surface area contributed by atoms with Crippen LogP contribution in [0.1, 0.15) is 19.4 Å². The van der Waals surface area contributed by atoms with Crippen LogP contribution in [0.25, 0.3) is 0 Å². The van der Waals surface area contributed by atoms with Crippen LogP contribution in [-0.4, -0.2) is 6.54 Å². The molecule has 0 aliphatic heterocycles. The zero-order valence-corrected chi connectivity index (χ0v) is 14.0. The van der Waals surface area contributed by atoms with Crippen molar-refractivity contribution in [3.05, 3.63) is 52.5 Å². The summed E-state index contributed by atoms with van der Waals surface area (Å²) in [5, 5.41) is 3.37. The van der Waals surface area contributed by atoms with Crippen molar-refractivity contribution in [2.75, 3.05) is 17.6 Å². The summed E-state index contributed by atoms with van der Waals surface area (Å²) in [6.45, 7) is 5.69. The fourth-order valence-electron chi connectivity index (χ4n) is 1.95. The van der Waals surface area contributed by atoms with Crippen molar-refractivity contribution < 1.29 is 4.74 Å². The second-order valence-electron chi connectivity index (χ2n) is 5.42. The largest absolute Gasteiger partial charge is 0.487 e. The molecule has 0 bridgehead atoms. The fourth-order valence-corrected chi connectivity index (χ4v) is 2.40. The van der Waals surface area contributed by atoms with Gasteiger partial charge >= 0.3 is 0 Å². The van der Waals surface area contributed by atoms with Crippen LogP contribution in [0.5, 0.6) is 5.75 Å². The Kier molecular flexibility index (Phi) is 5.51. The number of nitrogens with one attached hydrogen (secondary N) is 1. The number of anilines is 2. The number of nitrogen functional groups attached to an aromatic ring is 1. The molecule has 3 nitrogen and oxygen atoms in total. The summed E-state index contributed by atoms with van der Waals surface area (Å²) in [5.74, 6) is 1.31. The average Bonchev–Trinajstić information content (AvgIpc) is 2.44. The molecule has 2 rings (SSSR count). The van der Waals surface area contributed by atoms with Gasteiger partial charge in [0.25, 0.3) is 0 Å². The second kappa shape index (κ2) is 7.36. The van der Waals surface area contributed by atoms with Crippen LogP contribution in [0.2, 0.25) is 0 Å². The number of nitrogens with two attached hydrogens (primary N) is 1. The molecule has 0 fully saturated rings. The van der Waals surface area contributed by atoms with Crippen LogP contribution in [-0.2, 0) is 6.61 Å². The van der Waals surface area contributed by atoms with E-state index in [0.717, 1.165) is 28.0 Å². The van der Waals surface area contributed by atoms with Gasteiger partial charge in [-0.05, 0) is 23.6 Å². The van der Waals surface area contributed by atoms with Crippen LogP contribution in [0, 0.1) is 5.92 Å². The van der Waals surface area contributed by atoms with Gasteiger partial charge in [-0.3, -0.25) is 0 Å². The first-order valence-electron chi connectivity index (χ1n) is 7.06. The van der Waals surface area contributed by atoms with Gasteiger partial charge in [0.15, 0.2) is 0 Å². The van der Waals surface area contributed by atoms with E-state index in [4.69, 9.17) is 10.5 Å². The maximum Gasteiger partial charge on any atom is 0.146 e. The van der Waals surface area contributed by atoms with E-state index in [9.17, 15) is 0 Å². The van der Waals surface area contributed by atoms with E-state index < -0.39 is 0 Å². The van der Waals surface area contributed by atoms with Gasteiger partial charge in [-0.15, -0.1) is 0 Å². The fraction of sp³-hybridized carbons (Fsp3) is 0.294. The van der Waals surface area contributed by atoms with Gasteiger partial charge in [-0.2, -0.15) is 0 Å². The Balaban J connectivity index is 2.16. The zero-order valence-electron chi connectivity index (χ0n) is 12.4. The van der Waals surface area contributed by atoms with Gasteiger partial charge in [-0.25, -0.2) is 0 Å². The highest BCUT2D eigenvalue weighted by molar-refractivity contribution is 9.10. The quantitative estimate of drug-likeness (QED) is 0.745. The summed E-state index contributed by atoms with van der Waals surface area (Å²) < 4.78 is 6.86.